The van der Waals surface area contributed by atoms with Gasteiger partial charge < -0.3 is 10.0 Å². The van der Waals surface area contributed by atoms with E-state index in [1.807, 2.05) is 4.90 Å². The highest BCUT2D eigenvalue weighted by Gasteiger charge is 2.25. The average molecular weight is 343 g/mol. The quantitative estimate of drug-likeness (QED) is 0.613. The highest BCUT2D eigenvalue weighted by molar-refractivity contribution is 7.90. The largest absolute Gasteiger partial charge is 0.392 e. The zero-order valence-electron chi connectivity index (χ0n) is 13.2. The molecule has 1 aromatic carbocycles. The van der Waals surface area contributed by atoms with Gasteiger partial charge >= 0.3 is 0 Å². The van der Waals surface area contributed by atoms with Crippen molar-refractivity contribution >= 4 is 21.2 Å². The molecule has 0 spiro atoms. The van der Waals surface area contributed by atoms with Gasteiger partial charge in [0.25, 0.3) is 5.69 Å². The summed E-state index contributed by atoms with van der Waals surface area (Å²) in [5.74, 6) is 0. The lowest BCUT2D eigenvalue weighted by molar-refractivity contribution is -0.387. The van der Waals surface area contributed by atoms with E-state index in [0.29, 0.717) is 25.3 Å². The molecule has 0 unspecified atom stereocenters. The Morgan fingerprint density at radius 1 is 1.30 bits per heavy atom. The Balaban J connectivity index is 2.21. The summed E-state index contributed by atoms with van der Waals surface area (Å²) in [6.45, 7) is 5.18. The van der Waals surface area contributed by atoms with Crippen molar-refractivity contribution in [3.05, 3.63) is 28.3 Å². The first-order chi connectivity index (χ1) is 10.7. The molecule has 9 heteroatoms. The smallest absolute Gasteiger partial charge is 0.288 e. The van der Waals surface area contributed by atoms with E-state index in [0.717, 1.165) is 19.3 Å². The second-order valence-electron chi connectivity index (χ2n) is 5.82. The number of hydrogen-bond acceptors (Lipinski definition) is 7. The number of rotatable bonds is 5. The summed E-state index contributed by atoms with van der Waals surface area (Å²) in [6, 6.07) is 4.20. The maximum absolute atomic E-state index is 11.8. The molecule has 0 radical (unpaired) electrons. The topological polar surface area (TPSA) is 104 Å². The van der Waals surface area contributed by atoms with E-state index in [4.69, 9.17) is 0 Å². The fourth-order valence-electron chi connectivity index (χ4n) is 2.71. The molecule has 1 aliphatic heterocycles. The van der Waals surface area contributed by atoms with Crippen LogP contribution in [0.3, 0.4) is 0 Å². The Kier molecular flexibility index (Phi) is 5.23. The Bertz CT molecular complexity index is 682. The van der Waals surface area contributed by atoms with Gasteiger partial charge in [-0.1, -0.05) is 0 Å². The third kappa shape index (κ3) is 4.40. The highest BCUT2D eigenvalue weighted by Crippen LogP contribution is 2.29. The molecule has 1 fully saturated rings. The molecule has 0 saturated carbocycles. The number of nitro benzene ring substituents is 1. The molecule has 128 valence electrons. The fourth-order valence-corrected chi connectivity index (χ4v) is 3.57. The van der Waals surface area contributed by atoms with E-state index in [9.17, 15) is 23.6 Å². The summed E-state index contributed by atoms with van der Waals surface area (Å²) in [7, 11) is -3.68. The number of nitrogens with zero attached hydrogens (tertiary/aromatic N) is 3. The van der Waals surface area contributed by atoms with Gasteiger partial charge in [0.1, 0.15) is 4.90 Å². The monoisotopic (exact) mass is 343 g/mol. The Hall–Kier alpha value is -1.71. The van der Waals surface area contributed by atoms with Crippen molar-refractivity contribution in [1.82, 2.24) is 4.90 Å². The fraction of sp³-hybridized carbons (Fsp3) is 0.571. The molecule has 1 heterocycles. The molecule has 1 atom stereocenters. The van der Waals surface area contributed by atoms with Crippen LogP contribution in [0.1, 0.15) is 6.92 Å². The van der Waals surface area contributed by atoms with Crippen LogP contribution in [-0.4, -0.2) is 68.4 Å². The number of sulfone groups is 1. The first-order valence-corrected chi connectivity index (χ1v) is 9.21. The van der Waals surface area contributed by atoms with Gasteiger partial charge in [0.15, 0.2) is 9.84 Å². The van der Waals surface area contributed by atoms with E-state index in [-0.39, 0.29) is 4.90 Å². The van der Waals surface area contributed by atoms with Gasteiger partial charge in [0, 0.05) is 50.7 Å². The predicted molar refractivity (Wildman–Crippen MR) is 86.5 cm³/mol. The van der Waals surface area contributed by atoms with Crippen LogP contribution in [0.2, 0.25) is 0 Å². The molecular formula is C14H21N3O5S. The van der Waals surface area contributed by atoms with E-state index in [1.165, 1.54) is 12.1 Å². The van der Waals surface area contributed by atoms with Crippen LogP contribution in [0, 0.1) is 10.1 Å². The third-order valence-electron chi connectivity index (χ3n) is 3.80. The number of aliphatic hydroxyl groups is 1. The zero-order chi connectivity index (χ0) is 17.2. The first-order valence-electron chi connectivity index (χ1n) is 7.32. The molecule has 0 bridgehead atoms. The van der Waals surface area contributed by atoms with Crippen molar-refractivity contribution in [1.29, 1.82) is 0 Å². The lowest BCUT2D eigenvalue weighted by Gasteiger charge is -2.36. The summed E-state index contributed by atoms with van der Waals surface area (Å²) in [5, 5.41) is 20.4. The number of anilines is 1. The van der Waals surface area contributed by atoms with Gasteiger partial charge in [-0.2, -0.15) is 0 Å². The van der Waals surface area contributed by atoms with Gasteiger partial charge in [-0.05, 0) is 19.1 Å². The lowest BCUT2D eigenvalue weighted by Crippen LogP contribution is -2.48. The number of β-amino-alcohol motifs (C(OH)–C–C–N with tert-alkyl or cyclic N) is 1. The number of hydrogen-bond donors (Lipinski definition) is 1. The molecule has 0 aromatic heterocycles. The maximum atomic E-state index is 11.8. The number of aliphatic hydroxyl groups excluding tert-OH is 1. The minimum Gasteiger partial charge on any atom is -0.392 e. The van der Waals surface area contributed by atoms with Crippen LogP contribution < -0.4 is 4.90 Å². The van der Waals surface area contributed by atoms with Crippen LogP contribution in [-0.2, 0) is 9.84 Å². The van der Waals surface area contributed by atoms with Gasteiger partial charge in [0.2, 0.25) is 0 Å². The molecule has 1 aromatic rings. The third-order valence-corrected chi connectivity index (χ3v) is 4.93. The molecule has 0 aliphatic carbocycles. The summed E-state index contributed by atoms with van der Waals surface area (Å²) < 4.78 is 23.6. The van der Waals surface area contributed by atoms with Gasteiger partial charge in [-0.15, -0.1) is 0 Å². The van der Waals surface area contributed by atoms with E-state index < -0.39 is 26.6 Å². The second kappa shape index (κ2) is 6.81. The van der Waals surface area contributed by atoms with Crippen LogP contribution in [0.25, 0.3) is 0 Å². The van der Waals surface area contributed by atoms with Crippen molar-refractivity contribution in [2.24, 2.45) is 0 Å². The zero-order valence-corrected chi connectivity index (χ0v) is 14.0. The van der Waals surface area contributed by atoms with Crippen molar-refractivity contribution in [2.75, 3.05) is 43.9 Å². The number of benzene rings is 1. The minimum absolute atomic E-state index is 0.258. The molecule has 1 N–H and O–H groups in total. The first kappa shape index (κ1) is 17.6. The summed E-state index contributed by atoms with van der Waals surface area (Å²) >= 11 is 0. The summed E-state index contributed by atoms with van der Waals surface area (Å²) in [6.07, 6.45) is 0.581. The standard InChI is InChI=1S/C14H21N3O5S/c1-11(18)10-15-5-7-16(8-6-15)12-3-4-13(17(19)20)14(9-12)23(2,21)22/h3-4,9,11,18H,5-8,10H2,1-2H3/t11-/m1/s1. The lowest BCUT2D eigenvalue weighted by atomic mass is 10.2. The van der Waals surface area contributed by atoms with Gasteiger partial charge in [-0.3, -0.25) is 15.0 Å². The van der Waals surface area contributed by atoms with E-state index in [1.54, 1.807) is 13.0 Å². The summed E-state index contributed by atoms with van der Waals surface area (Å²) in [5.41, 5.74) is 0.261. The molecule has 1 saturated heterocycles. The molecule has 2 rings (SSSR count). The Morgan fingerprint density at radius 2 is 1.91 bits per heavy atom. The summed E-state index contributed by atoms with van der Waals surface area (Å²) in [4.78, 5) is 14.2. The maximum Gasteiger partial charge on any atom is 0.288 e. The van der Waals surface area contributed by atoms with Crippen molar-refractivity contribution < 1.29 is 18.4 Å². The van der Waals surface area contributed by atoms with Crippen molar-refractivity contribution in [3.8, 4) is 0 Å². The normalized spacial score (nSPS) is 18.0. The van der Waals surface area contributed by atoms with Crippen LogP contribution in [0.4, 0.5) is 11.4 Å². The van der Waals surface area contributed by atoms with E-state index in [2.05, 4.69) is 4.90 Å². The Labute approximate surface area is 135 Å². The predicted octanol–water partition coefficient (Wildman–Crippen LogP) is 0.501. The molecule has 1 aliphatic rings. The average Bonchev–Trinajstić information content (AvgIpc) is 2.46. The van der Waals surface area contributed by atoms with Crippen molar-refractivity contribution in [3.63, 3.8) is 0 Å². The molecule has 23 heavy (non-hydrogen) atoms. The van der Waals surface area contributed by atoms with Crippen LogP contribution in [0.5, 0.6) is 0 Å². The van der Waals surface area contributed by atoms with Gasteiger partial charge in [-0.25, -0.2) is 8.42 Å². The SMILES string of the molecule is C[C@@H](O)CN1CCN(c2ccc([N+](=O)[O-])c(S(C)(=O)=O)c2)CC1. The molecule has 0 amide bonds. The van der Waals surface area contributed by atoms with E-state index >= 15 is 0 Å². The van der Waals surface area contributed by atoms with Crippen LogP contribution >= 0.6 is 0 Å². The van der Waals surface area contributed by atoms with Crippen LogP contribution in [0.15, 0.2) is 23.1 Å². The minimum atomic E-state index is -3.68. The number of nitro groups is 1. The van der Waals surface area contributed by atoms with Crippen molar-refractivity contribution in [2.45, 2.75) is 17.9 Å². The Morgan fingerprint density at radius 3 is 2.39 bits per heavy atom. The molecular weight excluding hydrogens is 322 g/mol. The van der Waals surface area contributed by atoms with Gasteiger partial charge in [0.05, 0.1) is 11.0 Å². The second-order valence-corrected chi connectivity index (χ2v) is 7.80. The highest BCUT2D eigenvalue weighted by atomic mass is 32.2. The number of piperazine rings is 1. The molecule has 8 nitrogen and oxygen atoms in total.